The van der Waals surface area contributed by atoms with Gasteiger partial charge in [0.15, 0.2) is 6.40 Å². The smallest absolute Gasteiger partial charge is 0.263 e. The second kappa shape index (κ2) is 11.8. The van der Waals surface area contributed by atoms with Gasteiger partial charge < -0.3 is 10.1 Å². The predicted octanol–water partition coefficient (Wildman–Crippen LogP) is 4.76. The highest BCUT2D eigenvalue weighted by atomic mass is 79.9. The standard InChI is InChI=1S/C26H21BrN6O4S/c1-17(30-15-29-16-37-2)33-38(35,36)21-8-6-20(7-9-21)31-26(34)23-13-25(18-4-3-11-28-14-18)32-24-10-5-19(27)12-22(23)24/h3-16,33H,1H2,2H3,(H,31,34)/b29-16?,30-15-. The molecule has 192 valence electrons. The Kier molecular flexibility index (Phi) is 8.24. The minimum absolute atomic E-state index is 0.0376. The normalized spacial score (nSPS) is 11.6. The van der Waals surface area contributed by atoms with Gasteiger partial charge >= 0.3 is 0 Å². The zero-order valence-electron chi connectivity index (χ0n) is 20.0. The number of ether oxygens (including phenoxy) is 1. The van der Waals surface area contributed by atoms with Crippen LogP contribution >= 0.6 is 15.9 Å². The van der Waals surface area contributed by atoms with E-state index in [1.165, 1.54) is 31.4 Å². The highest BCUT2D eigenvalue weighted by molar-refractivity contribution is 9.10. The summed E-state index contributed by atoms with van der Waals surface area (Å²) in [6.45, 7) is 3.54. The second-order valence-corrected chi connectivity index (χ2v) is 10.3. The Morgan fingerprint density at radius 2 is 1.92 bits per heavy atom. The first-order valence-electron chi connectivity index (χ1n) is 11.0. The van der Waals surface area contributed by atoms with Gasteiger partial charge in [-0.25, -0.2) is 23.4 Å². The second-order valence-electron chi connectivity index (χ2n) is 7.72. The van der Waals surface area contributed by atoms with E-state index in [9.17, 15) is 13.2 Å². The SMILES string of the molecule is C=C(/N=C\N=COC)NS(=O)(=O)c1ccc(NC(=O)c2cc(-c3cccnc3)nc3ccc(Br)cc23)cc1. The van der Waals surface area contributed by atoms with Crippen molar-refractivity contribution in [3.63, 3.8) is 0 Å². The van der Waals surface area contributed by atoms with Crippen LogP contribution < -0.4 is 10.0 Å². The Morgan fingerprint density at radius 1 is 1.13 bits per heavy atom. The van der Waals surface area contributed by atoms with Gasteiger partial charge in [-0.2, -0.15) is 0 Å². The molecule has 0 aliphatic carbocycles. The van der Waals surface area contributed by atoms with Crippen molar-refractivity contribution in [2.45, 2.75) is 4.90 Å². The average Bonchev–Trinajstić information content (AvgIpc) is 2.91. The molecule has 0 spiro atoms. The van der Waals surface area contributed by atoms with Crippen LogP contribution in [0, 0.1) is 0 Å². The van der Waals surface area contributed by atoms with Crippen LogP contribution in [0.15, 0.2) is 105 Å². The monoisotopic (exact) mass is 592 g/mol. The maximum absolute atomic E-state index is 13.3. The van der Waals surface area contributed by atoms with E-state index < -0.39 is 10.0 Å². The fourth-order valence-corrected chi connectivity index (χ4v) is 4.73. The number of hydrogen-bond acceptors (Lipinski definition) is 7. The molecule has 0 atom stereocenters. The molecule has 0 unspecified atom stereocenters. The molecule has 2 heterocycles. The van der Waals surface area contributed by atoms with Crippen LogP contribution in [-0.2, 0) is 14.8 Å². The topological polar surface area (TPSA) is 135 Å². The Bertz CT molecular complexity index is 1660. The summed E-state index contributed by atoms with van der Waals surface area (Å²) in [5, 5.41) is 3.48. The summed E-state index contributed by atoms with van der Waals surface area (Å²) in [6.07, 6.45) is 5.56. The van der Waals surface area contributed by atoms with Gasteiger partial charge in [0.1, 0.15) is 12.2 Å². The number of hydrogen-bond donors (Lipinski definition) is 2. The van der Waals surface area contributed by atoms with Crippen molar-refractivity contribution in [1.29, 1.82) is 0 Å². The van der Waals surface area contributed by atoms with Crippen LogP contribution in [-0.4, -0.2) is 44.1 Å². The third-order valence-corrected chi connectivity index (χ3v) is 6.98. The molecule has 0 aliphatic rings. The number of rotatable bonds is 9. The van der Waals surface area contributed by atoms with E-state index in [0.29, 0.717) is 27.8 Å². The molecule has 0 saturated carbocycles. The molecule has 1 amide bonds. The zero-order chi connectivity index (χ0) is 27.1. The first-order valence-corrected chi connectivity index (χ1v) is 13.3. The Morgan fingerprint density at radius 3 is 2.63 bits per heavy atom. The third-order valence-electron chi connectivity index (χ3n) is 5.09. The molecule has 0 aliphatic heterocycles. The number of amides is 1. The van der Waals surface area contributed by atoms with Crippen LogP contribution in [0.2, 0.25) is 0 Å². The summed E-state index contributed by atoms with van der Waals surface area (Å²) in [6, 6.07) is 16.6. The largest absolute Gasteiger partial charge is 0.486 e. The summed E-state index contributed by atoms with van der Waals surface area (Å²) in [7, 11) is -2.53. The first-order chi connectivity index (χ1) is 18.3. The average molecular weight is 593 g/mol. The van der Waals surface area contributed by atoms with Gasteiger partial charge in [0, 0.05) is 33.5 Å². The molecule has 2 aromatic heterocycles. The van der Waals surface area contributed by atoms with Crippen molar-refractivity contribution in [3.05, 3.63) is 95.5 Å². The van der Waals surface area contributed by atoms with Crippen LogP contribution in [0.25, 0.3) is 22.2 Å². The van der Waals surface area contributed by atoms with Crippen molar-refractivity contribution < 1.29 is 17.9 Å². The number of halogens is 1. The molecule has 0 saturated heterocycles. The molecule has 4 aromatic rings. The van der Waals surface area contributed by atoms with Gasteiger partial charge in [0.05, 0.1) is 28.8 Å². The van der Waals surface area contributed by atoms with Gasteiger partial charge in [0.25, 0.3) is 15.9 Å². The van der Waals surface area contributed by atoms with Crippen LogP contribution in [0.4, 0.5) is 5.69 Å². The molecular weight excluding hydrogens is 572 g/mol. The summed E-state index contributed by atoms with van der Waals surface area (Å²) >= 11 is 3.45. The lowest BCUT2D eigenvalue weighted by molar-refractivity contribution is 0.102. The highest BCUT2D eigenvalue weighted by Crippen LogP contribution is 2.28. The lowest BCUT2D eigenvalue weighted by Crippen LogP contribution is -2.22. The third kappa shape index (κ3) is 6.47. The van der Waals surface area contributed by atoms with Gasteiger partial charge in [-0.05, 0) is 60.7 Å². The molecule has 2 aromatic carbocycles. The number of aliphatic imine (C=N–C) groups is 2. The number of nitrogens with one attached hydrogen (secondary N) is 2. The molecule has 4 rings (SSSR count). The number of anilines is 1. The van der Waals surface area contributed by atoms with Crippen molar-refractivity contribution >= 4 is 61.2 Å². The van der Waals surface area contributed by atoms with Crippen LogP contribution in [0.5, 0.6) is 0 Å². The summed E-state index contributed by atoms with van der Waals surface area (Å²) in [5.74, 6) is -0.510. The number of fused-ring (bicyclic) bond motifs is 1. The van der Waals surface area contributed by atoms with Gasteiger partial charge in [-0.1, -0.05) is 22.5 Å². The summed E-state index contributed by atoms with van der Waals surface area (Å²) < 4.78 is 32.9. The van der Waals surface area contributed by atoms with Crippen molar-refractivity contribution in [1.82, 2.24) is 14.7 Å². The number of carbonyl (C=O) groups is 1. The number of carbonyl (C=O) groups excluding carboxylic acids is 1. The highest BCUT2D eigenvalue weighted by Gasteiger charge is 2.17. The minimum atomic E-state index is -3.95. The van der Waals surface area contributed by atoms with Crippen molar-refractivity contribution in [2.24, 2.45) is 9.98 Å². The number of sulfonamides is 1. The van der Waals surface area contributed by atoms with Gasteiger partial charge in [-0.3, -0.25) is 14.5 Å². The Balaban J connectivity index is 1.57. The molecule has 2 N–H and O–H groups in total. The van der Waals surface area contributed by atoms with E-state index in [0.717, 1.165) is 22.8 Å². The molecule has 0 bridgehead atoms. The molecule has 0 radical (unpaired) electrons. The Labute approximate surface area is 227 Å². The number of benzene rings is 2. The fraction of sp³-hybridized carbons (Fsp3) is 0.0385. The van der Waals surface area contributed by atoms with E-state index in [1.807, 2.05) is 24.3 Å². The van der Waals surface area contributed by atoms with Crippen molar-refractivity contribution in [3.8, 4) is 11.3 Å². The van der Waals surface area contributed by atoms with Crippen molar-refractivity contribution in [2.75, 3.05) is 12.4 Å². The first kappa shape index (κ1) is 26.6. The van der Waals surface area contributed by atoms with E-state index in [4.69, 9.17) is 0 Å². The fourth-order valence-electron chi connectivity index (χ4n) is 3.40. The van der Waals surface area contributed by atoms with E-state index in [2.05, 4.69) is 57.2 Å². The number of pyridine rings is 2. The maximum Gasteiger partial charge on any atom is 0.263 e. The van der Waals surface area contributed by atoms with Crippen LogP contribution in [0.3, 0.4) is 0 Å². The van der Waals surface area contributed by atoms with Gasteiger partial charge in [-0.15, -0.1) is 0 Å². The quantitative estimate of drug-likeness (QED) is 0.212. The number of nitrogens with zero attached hydrogens (tertiary/aromatic N) is 4. The number of aromatic nitrogens is 2. The molecule has 10 nitrogen and oxygen atoms in total. The lowest BCUT2D eigenvalue weighted by atomic mass is 10.0. The molecule has 0 fully saturated rings. The van der Waals surface area contributed by atoms with E-state index >= 15 is 0 Å². The zero-order valence-corrected chi connectivity index (χ0v) is 22.4. The van der Waals surface area contributed by atoms with Crippen LogP contribution in [0.1, 0.15) is 10.4 Å². The molecule has 38 heavy (non-hydrogen) atoms. The molecular formula is C26H21BrN6O4S. The maximum atomic E-state index is 13.3. The predicted molar refractivity (Wildman–Crippen MR) is 151 cm³/mol. The Hall–Kier alpha value is -4.42. The summed E-state index contributed by atoms with van der Waals surface area (Å²) in [4.78, 5) is 29.6. The summed E-state index contributed by atoms with van der Waals surface area (Å²) in [5.41, 5.74) is 2.82. The van der Waals surface area contributed by atoms with Gasteiger partial charge in [0.2, 0.25) is 0 Å². The van der Waals surface area contributed by atoms with E-state index in [-0.39, 0.29) is 16.6 Å². The molecule has 12 heteroatoms. The lowest BCUT2D eigenvalue weighted by Gasteiger charge is -2.12. The number of methoxy groups -OCH3 is 1. The van der Waals surface area contributed by atoms with E-state index in [1.54, 1.807) is 24.5 Å². The minimum Gasteiger partial charge on any atom is -0.486 e.